The van der Waals surface area contributed by atoms with Gasteiger partial charge in [0.2, 0.25) is 0 Å². The highest BCUT2D eigenvalue weighted by atomic mass is 32.1. The lowest BCUT2D eigenvalue weighted by Crippen LogP contribution is -2.47. The van der Waals surface area contributed by atoms with Gasteiger partial charge in [-0.2, -0.15) is 13.2 Å². The van der Waals surface area contributed by atoms with Crippen LogP contribution in [0.2, 0.25) is 0 Å². The molecule has 3 amide bonds. The normalized spacial score (nSPS) is 23.4. The number of imide groups is 1. The molecule has 0 saturated heterocycles. The number of amides is 3. The molecule has 2 aromatic heterocycles. The van der Waals surface area contributed by atoms with Gasteiger partial charge in [-0.05, 0) is 133 Å². The second-order valence-corrected chi connectivity index (χ2v) is 19.4. The van der Waals surface area contributed by atoms with Crippen LogP contribution in [0.4, 0.5) is 24.5 Å². The Morgan fingerprint density at radius 2 is 1.60 bits per heavy atom. The number of hydrogen-bond acceptors (Lipinski definition) is 11. The smallest absolute Gasteiger partial charge is 0.386 e. The second-order valence-electron chi connectivity index (χ2n) is 18.3. The number of aliphatic hydroxyl groups is 1. The van der Waals surface area contributed by atoms with E-state index >= 15 is 0 Å². The molecular formula is C47H53F3N6O6S. The molecule has 0 radical (unpaired) electrons. The summed E-state index contributed by atoms with van der Waals surface area (Å²) in [6.45, 7) is 4.86. The number of benzene rings is 2. The molecule has 3 N–H and O–H groups in total. The zero-order chi connectivity index (χ0) is 44.8. The molecule has 12 nitrogen and oxygen atoms in total. The fourth-order valence-electron chi connectivity index (χ4n) is 9.98. The van der Waals surface area contributed by atoms with Crippen molar-refractivity contribution in [1.29, 1.82) is 0 Å². The first-order valence-electron chi connectivity index (χ1n) is 22.0. The van der Waals surface area contributed by atoms with E-state index in [4.69, 9.17) is 4.98 Å². The molecule has 3 heterocycles. The van der Waals surface area contributed by atoms with Gasteiger partial charge in [-0.15, -0.1) is 11.3 Å². The van der Waals surface area contributed by atoms with E-state index in [0.717, 1.165) is 91.1 Å². The van der Waals surface area contributed by atoms with Crippen molar-refractivity contribution in [2.24, 2.45) is 11.8 Å². The Hall–Kier alpha value is -5.06. The van der Waals surface area contributed by atoms with E-state index in [9.17, 15) is 42.3 Å². The summed E-state index contributed by atoms with van der Waals surface area (Å²) in [6, 6.07) is 11.5. The number of halogens is 3. The van der Waals surface area contributed by atoms with Gasteiger partial charge < -0.3 is 20.6 Å². The van der Waals surface area contributed by atoms with E-state index in [2.05, 4.69) is 27.6 Å². The summed E-state index contributed by atoms with van der Waals surface area (Å²) >= 11 is 1.54. The maximum absolute atomic E-state index is 13.5. The number of Topliss-reactive ketones (excluding diaryl/α,β-unsaturated/α-hetero) is 2. The number of hydrogen-bond donors (Lipinski definition) is 3. The van der Waals surface area contributed by atoms with Gasteiger partial charge in [0.25, 0.3) is 17.7 Å². The summed E-state index contributed by atoms with van der Waals surface area (Å²) in [5.74, 6) is -0.873. The number of thiazole rings is 1. The number of pyridine rings is 1. The zero-order valence-corrected chi connectivity index (χ0v) is 36.5. The number of alkyl halides is 3. The average molecular weight is 887 g/mol. The van der Waals surface area contributed by atoms with Gasteiger partial charge in [0.15, 0.2) is 5.78 Å². The first-order valence-corrected chi connectivity index (χ1v) is 22.8. The molecule has 1 aliphatic heterocycles. The lowest BCUT2D eigenvalue weighted by Gasteiger charge is -2.38. The highest BCUT2D eigenvalue weighted by Crippen LogP contribution is 2.42. The number of ketones is 2. The van der Waals surface area contributed by atoms with Crippen molar-refractivity contribution in [3.8, 4) is 0 Å². The second kappa shape index (κ2) is 17.8. The summed E-state index contributed by atoms with van der Waals surface area (Å²) in [4.78, 5) is 76.3. The van der Waals surface area contributed by atoms with Crippen molar-refractivity contribution in [3.63, 3.8) is 0 Å². The number of rotatable bonds is 12. The van der Waals surface area contributed by atoms with Crippen LogP contribution in [0.25, 0.3) is 10.2 Å². The summed E-state index contributed by atoms with van der Waals surface area (Å²) in [7, 11) is 2.24. The third-order valence-corrected chi connectivity index (χ3v) is 14.7. The van der Waals surface area contributed by atoms with Crippen LogP contribution in [-0.2, 0) is 21.4 Å². The van der Waals surface area contributed by atoms with Crippen LogP contribution in [0.1, 0.15) is 144 Å². The largest absolute Gasteiger partial charge is 0.433 e. The van der Waals surface area contributed by atoms with Gasteiger partial charge in [0.05, 0.1) is 44.4 Å². The van der Waals surface area contributed by atoms with Crippen LogP contribution >= 0.6 is 11.3 Å². The van der Waals surface area contributed by atoms with Crippen LogP contribution in [0.3, 0.4) is 0 Å². The molecule has 3 saturated carbocycles. The van der Waals surface area contributed by atoms with Gasteiger partial charge in [0, 0.05) is 48.4 Å². The van der Waals surface area contributed by atoms with Crippen LogP contribution in [-0.4, -0.2) is 86.4 Å². The van der Waals surface area contributed by atoms with Crippen molar-refractivity contribution < 1.29 is 42.3 Å². The van der Waals surface area contributed by atoms with E-state index in [1.807, 2.05) is 0 Å². The molecule has 16 heteroatoms. The van der Waals surface area contributed by atoms with Gasteiger partial charge in [-0.3, -0.25) is 28.9 Å². The highest BCUT2D eigenvalue weighted by molar-refractivity contribution is 7.18. The minimum absolute atomic E-state index is 0.157. The minimum atomic E-state index is -4.69. The number of aromatic nitrogens is 2. The number of nitrogens with zero attached hydrogens (tertiary/aromatic N) is 4. The summed E-state index contributed by atoms with van der Waals surface area (Å²) < 4.78 is 40.6. The fraction of sp³-hybridized carbons (Fsp3) is 0.511. The number of fused-ring (bicyclic) bond motifs is 2. The Morgan fingerprint density at radius 3 is 2.30 bits per heavy atom. The Labute approximate surface area is 368 Å². The zero-order valence-electron chi connectivity index (χ0n) is 35.7. The third-order valence-electron chi connectivity index (χ3n) is 13.5. The summed E-state index contributed by atoms with van der Waals surface area (Å²) in [6.07, 6.45) is 5.01. The van der Waals surface area contributed by atoms with Crippen LogP contribution < -0.4 is 10.6 Å². The molecular weight excluding hydrogens is 834 g/mol. The van der Waals surface area contributed by atoms with E-state index in [1.165, 1.54) is 6.07 Å². The number of carbonyl (C=O) groups is 5. The standard InChI is InChI=1S/C47H53F3N6O6S/c1-46(2,62)32-23-36-39(24-35(32)53-42(59)34-8-5-9-40(52-34)47(48,49)50)63-43(54-36)28-14-10-27(11-15-28)25-55(3)29-16-12-26(13-17-29)20-21-51-33-7-4-6-31-41(33)45(61)56(44(31)60)37-19-18-30(57)22-38(37)58/h4-9,23-24,26-29,37,51,62H,10-22,25H2,1-3H3,(H,53,59). The molecule has 334 valence electrons. The topological polar surface area (TPSA) is 162 Å². The first-order chi connectivity index (χ1) is 29.9. The Balaban J connectivity index is 0.805. The quantitative estimate of drug-likeness (QED) is 0.0927. The van der Waals surface area contributed by atoms with Crippen LogP contribution in [0.15, 0.2) is 48.5 Å². The van der Waals surface area contributed by atoms with Gasteiger partial charge in [-0.1, -0.05) is 12.1 Å². The Kier molecular flexibility index (Phi) is 12.6. The van der Waals surface area contributed by atoms with Crippen molar-refractivity contribution >= 4 is 62.2 Å². The SMILES string of the molecule is CN(CC1CCC(c2nc3cc(C(C)(C)O)c(NC(=O)c4cccc(C(F)(F)F)n4)cc3s2)CC1)C1CCC(CCNc2cccc3c2C(=O)N(C2CCC(=O)CC2=O)C3=O)CC1. The van der Waals surface area contributed by atoms with E-state index in [1.54, 1.807) is 55.5 Å². The van der Waals surface area contributed by atoms with Crippen molar-refractivity contribution in [2.45, 2.75) is 121 Å². The van der Waals surface area contributed by atoms with E-state index < -0.39 is 41.2 Å². The predicted octanol–water partition coefficient (Wildman–Crippen LogP) is 8.74. The molecule has 1 unspecified atom stereocenters. The molecule has 4 aromatic rings. The van der Waals surface area contributed by atoms with Crippen molar-refractivity contribution in [2.75, 3.05) is 30.8 Å². The van der Waals surface area contributed by atoms with Crippen molar-refractivity contribution in [3.05, 3.63) is 81.6 Å². The first kappa shape index (κ1) is 44.5. The average Bonchev–Trinajstić information content (AvgIpc) is 3.78. The molecule has 3 fully saturated rings. The lowest BCUT2D eigenvalue weighted by atomic mass is 9.80. The molecule has 1 atom stereocenters. The molecule has 0 spiro atoms. The van der Waals surface area contributed by atoms with E-state index in [-0.39, 0.29) is 42.4 Å². The third kappa shape index (κ3) is 9.58. The number of nitrogens with one attached hydrogen (secondary N) is 2. The number of anilines is 2. The molecule has 4 aliphatic rings. The maximum Gasteiger partial charge on any atom is 0.433 e. The monoisotopic (exact) mass is 886 g/mol. The van der Waals surface area contributed by atoms with Gasteiger partial charge in [-0.25, -0.2) is 9.97 Å². The van der Waals surface area contributed by atoms with Crippen LogP contribution in [0, 0.1) is 11.8 Å². The van der Waals surface area contributed by atoms with Gasteiger partial charge >= 0.3 is 6.18 Å². The van der Waals surface area contributed by atoms with E-state index in [0.29, 0.717) is 58.0 Å². The minimum Gasteiger partial charge on any atom is -0.386 e. The molecule has 8 rings (SSSR count). The lowest BCUT2D eigenvalue weighted by molar-refractivity contribution is -0.141. The highest BCUT2D eigenvalue weighted by Gasteiger charge is 2.45. The molecule has 2 aromatic carbocycles. The molecule has 63 heavy (non-hydrogen) atoms. The predicted molar refractivity (Wildman–Crippen MR) is 233 cm³/mol. The molecule has 0 bridgehead atoms. The Morgan fingerprint density at radius 1 is 0.889 bits per heavy atom. The van der Waals surface area contributed by atoms with Crippen LogP contribution in [0.5, 0.6) is 0 Å². The van der Waals surface area contributed by atoms with Crippen molar-refractivity contribution in [1.82, 2.24) is 19.8 Å². The van der Waals surface area contributed by atoms with Gasteiger partial charge in [0.1, 0.15) is 17.2 Å². The Bertz CT molecular complexity index is 2430. The summed E-state index contributed by atoms with van der Waals surface area (Å²) in [5, 5.41) is 18.1. The molecule has 3 aliphatic carbocycles. The number of carbonyl (C=O) groups excluding carboxylic acids is 5. The maximum atomic E-state index is 13.5. The summed E-state index contributed by atoms with van der Waals surface area (Å²) in [5.41, 5.74) is -0.306. The fourth-order valence-corrected chi connectivity index (χ4v) is 11.1.